The fourth-order valence-electron chi connectivity index (χ4n) is 2.24. The smallest absolute Gasteiger partial charge is 0.339 e. The van der Waals surface area contributed by atoms with E-state index >= 15 is 0 Å². The summed E-state index contributed by atoms with van der Waals surface area (Å²) in [6.45, 7) is 1.61. The predicted octanol–water partition coefficient (Wildman–Crippen LogP) is 0.551. The van der Waals surface area contributed by atoms with E-state index in [4.69, 9.17) is 9.47 Å². The van der Waals surface area contributed by atoms with Gasteiger partial charge in [-0.25, -0.2) is 9.59 Å². The lowest BCUT2D eigenvalue weighted by Crippen LogP contribution is -2.33. The predicted molar refractivity (Wildman–Crippen MR) is 83.6 cm³/mol. The highest BCUT2D eigenvalue weighted by molar-refractivity contribution is 5.88. The SMILES string of the molecule is Cc1cn([C@H]2C=C[C@@H](COC(=O)c3cccnc3)O2)c(=O)[nH]c1=O. The molecule has 2 aromatic rings. The van der Waals surface area contributed by atoms with Crippen molar-refractivity contribution >= 4 is 5.97 Å². The summed E-state index contributed by atoms with van der Waals surface area (Å²) < 4.78 is 12.1. The molecule has 0 spiro atoms. The summed E-state index contributed by atoms with van der Waals surface area (Å²) in [5.41, 5.74) is -0.241. The number of aryl methyl sites for hydroxylation is 1. The first-order valence-electron chi connectivity index (χ1n) is 7.27. The number of nitrogens with one attached hydrogen (secondary N) is 1. The highest BCUT2D eigenvalue weighted by Crippen LogP contribution is 2.20. The number of aromatic amines is 1. The van der Waals surface area contributed by atoms with Gasteiger partial charge in [0.1, 0.15) is 12.7 Å². The number of aromatic nitrogens is 3. The van der Waals surface area contributed by atoms with E-state index in [1.807, 2.05) is 0 Å². The van der Waals surface area contributed by atoms with Crippen LogP contribution in [0.1, 0.15) is 22.1 Å². The van der Waals surface area contributed by atoms with Gasteiger partial charge in [-0.3, -0.25) is 19.3 Å². The Labute approximate surface area is 136 Å². The second-order valence-corrected chi connectivity index (χ2v) is 5.27. The maximum atomic E-state index is 11.9. The molecule has 2 aromatic heterocycles. The zero-order valence-electron chi connectivity index (χ0n) is 12.8. The first-order chi connectivity index (χ1) is 11.5. The Balaban J connectivity index is 1.62. The lowest BCUT2D eigenvalue weighted by atomic mass is 10.3. The molecule has 0 radical (unpaired) electrons. The van der Waals surface area contributed by atoms with Gasteiger partial charge in [0.25, 0.3) is 5.56 Å². The molecule has 124 valence electrons. The van der Waals surface area contributed by atoms with Crippen molar-refractivity contribution in [1.29, 1.82) is 0 Å². The third kappa shape index (κ3) is 3.33. The van der Waals surface area contributed by atoms with Crippen LogP contribution in [0.25, 0.3) is 0 Å². The van der Waals surface area contributed by atoms with Crippen molar-refractivity contribution in [3.05, 3.63) is 74.8 Å². The minimum Gasteiger partial charge on any atom is -0.459 e. The van der Waals surface area contributed by atoms with Crippen molar-refractivity contribution in [2.45, 2.75) is 19.3 Å². The Morgan fingerprint density at radius 1 is 1.42 bits per heavy atom. The van der Waals surface area contributed by atoms with Crippen molar-refractivity contribution in [2.75, 3.05) is 6.61 Å². The van der Waals surface area contributed by atoms with Crippen LogP contribution in [0.4, 0.5) is 0 Å². The van der Waals surface area contributed by atoms with Crippen LogP contribution >= 0.6 is 0 Å². The van der Waals surface area contributed by atoms with Crippen LogP contribution in [0, 0.1) is 6.92 Å². The van der Waals surface area contributed by atoms with Gasteiger partial charge in [0.2, 0.25) is 0 Å². The molecule has 8 heteroatoms. The van der Waals surface area contributed by atoms with Crippen LogP contribution in [0.2, 0.25) is 0 Å². The van der Waals surface area contributed by atoms with Crippen molar-refractivity contribution in [3.63, 3.8) is 0 Å². The van der Waals surface area contributed by atoms with Gasteiger partial charge in [-0.1, -0.05) is 6.08 Å². The van der Waals surface area contributed by atoms with Gasteiger partial charge in [-0.2, -0.15) is 0 Å². The van der Waals surface area contributed by atoms with Gasteiger partial charge in [0.15, 0.2) is 6.23 Å². The number of pyridine rings is 1. The molecule has 8 nitrogen and oxygen atoms in total. The second-order valence-electron chi connectivity index (χ2n) is 5.27. The fourth-order valence-corrected chi connectivity index (χ4v) is 2.24. The highest BCUT2D eigenvalue weighted by atomic mass is 16.6. The van der Waals surface area contributed by atoms with Crippen LogP contribution in [0.15, 0.2) is 52.5 Å². The standard InChI is InChI=1S/C16H15N3O5/c1-10-8-19(16(22)18-14(10)20)13-5-4-12(24-13)9-23-15(21)11-3-2-6-17-7-11/h2-8,12-13H,9H2,1H3,(H,18,20,22)/t12-,13+/m0/s1. The van der Waals surface area contributed by atoms with Crippen LogP contribution < -0.4 is 11.2 Å². The molecule has 2 atom stereocenters. The second kappa shape index (κ2) is 6.63. The number of ether oxygens (including phenoxy) is 2. The zero-order valence-corrected chi connectivity index (χ0v) is 12.8. The molecule has 0 saturated carbocycles. The van der Waals surface area contributed by atoms with E-state index in [1.54, 1.807) is 37.4 Å². The van der Waals surface area contributed by atoms with E-state index in [0.717, 1.165) is 0 Å². The Morgan fingerprint density at radius 2 is 2.25 bits per heavy atom. The third-order valence-corrected chi connectivity index (χ3v) is 3.50. The maximum Gasteiger partial charge on any atom is 0.339 e. The maximum absolute atomic E-state index is 11.9. The molecular weight excluding hydrogens is 314 g/mol. The van der Waals surface area contributed by atoms with Crippen molar-refractivity contribution in [3.8, 4) is 0 Å². The molecule has 1 aliphatic rings. The average molecular weight is 329 g/mol. The van der Waals surface area contributed by atoms with Crippen molar-refractivity contribution in [2.24, 2.45) is 0 Å². The monoisotopic (exact) mass is 329 g/mol. The van der Waals surface area contributed by atoms with Gasteiger partial charge in [-0.05, 0) is 25.1 Å². The van der Waals surface area contributed by atoms with Crippen molar-refractivity contribution in [1.82, 2.24) is 14.5 Å². The Bertz CT molecular complexity index is 885. The van der Waals surface area contributed by atoms with Gasteiger partial charge < -0.3 is 9.47 Å². The lowest BCUT2D eigenvalue weighted by molar-refractivity contribution is -0.0223. The van der Waals surface area contributed by atoms with Crippen LogP contribution in [-0.4, -0.2) is 33.2 Å². The molecule has 0 bridgehead atoms. The van der Waals surface area contributed by atoms with E-state index < -0.39 is 29.6 Å². The number of nitrogens with zero attached hydrogens (tertiary/aromatic N) is 2. The molecule has 1 N–H and O–H groups in total. The number of hydrogen-bond donors (Lipinski definition) is 1. The van der Waals surface area contributed by atoms with E-state index in [2.05, 4.69) is 9.97 Å². The topological polar surface area (TPSA) is 103 Å². The Kier molecular flexibility index (Phi) is 4.39. The molecule has 1 aliphatic heterocycles. The summed E-state index contributed by atoms with van der Waals surface area (Å²) in [5.74, 6) is -0.499. The number of carbonyl (C=O) groups is 1. The quantitative estimate of drug-likeness (QED) is 0.649. The van der Waals surface area contributed by atoms with Gasteiger partial charge in [0, 0.05) is 24.2 Å². The summed E-state index contributed by atoms with van der Waals surface area (Å²) in [7, 11) is 0. The number of H-pyrrole nitrogens is 1. The summed E-state index contributed by atoms with van der Waals surface area (Å²) in [6.07, 6.45) is 6.65. The molecule has 0 aliphatic carbocycles. The van der Waals surface area contributed by atoms with Gasteiger partial charge >= 0.3 is 11.7 Å². The van der Waals surface area contributed by atoms with E-state index in [9.17, 15) is 14.4 Å². The van der Waals surface area contributed by atoms with Crippen LogP contribution in [0.3, 0.4) is 0 Å². The molecular formula is C16H15N3O5. The highest BCUT2D eigenvalue weighted by Gasteiger charge is 2.23. The molecule has 0 fully saturated rings. The Morgan fingerprint density at radius 3 is 3.00 bits per heavy atom. The van der Waals surface area contributed by atoms with E-state index in [0.29, 0.717) is 11.1 Å². The molecule has 3 heterocycles. The molecule has 24 heavy (non-hydrogen) atoms. The fraction of sp³-hybridized carbons (Fsp3) is 0.250. The number of esters is 1. The van der Waals surface area contributed by atoms with E-state index in [1.165, 1.54) is 17.0 Å². The first-order valence-corrected chi connectivity index (χ1v) is 7.27. The Hall–Kier alpha value is -3.00. The summed E-state index contributed by atoms with van der Waals surface area (Å²) >= 11 is 0. The largest absolute Gasteiger partial charge is 0.459 e. The van der Waals surface area contributed by atoms with Crippen LogP contribution in [0.5, 0.6) is 0 Å². The first kappa shape index (κ1) is 15.9. The third-order valence-electron chi connectivity index (χ3n) is 3.50. The van der Waals surface area contributed by atoms with Gasteiger partial charge in [-0.15, -0.1) is 0 Å². The minimum atomic E-state index is -0.657. The normalized spacial score (nSPS) is 19.4. The number of hydrogen-bond acceptors (Lipinski definition) is 6. The molecule has 3 rings (SSSR count). The summed E-state index contributed by atoms with van der Waals surface area (Å²) in [5, 5.41) is 0. The molecule has 0 saturated heterocycles. The summed E-state index contributed by atoms with van der Waals surface area (Å²) in [6, 6.07) is 3.25. The molecule has 0 amide bonds. The number of carbonyl (C=O) groups excluding carboxylic acids is 1. The minimum absolute atomic E-state index is 0.0117. The zero-order chi connectivity index (χ0) is 17.1. The average Bonchev–Trinajstić information content (AvgIpc) is 3.05. The molecule has 0 unspecified atom stereocenters. The van der Waals surface area contributed by atoms with E-state index in [-0.39, 0.29) is 6.61 Å². The van der Waals surface area contributed by atoms with Crippen LogP contribution in [-0.2, 0) is 9.47 Å². The van der Waals surface area contributed by atoms with Crippen molar-refractivity contribution < 1.29 is 14.3 Å². The molecule has 0 aromatic carbocycles. The van der Waals surface area contributed by atoms with Gasteiger partial charge in [0.05, 0.1) is 5.56 Å². The summed E-state index contributed by atoms with van der Waals surface area (Å²) in [4.78, 5) is 41.1. The lowest BCUT2D eigenvalue weighted by Gasteiger charge is -2.16. The number of rotatable bonds is 4.